The lowest BCUT2D eigenvalue weighted by atomic mass is 10.6. The molecule has 0 aliphatic rings. The first-order valence-electron chi connectivity index (χ1n) is 3.82. The van der Waals surface area contributed by atoms with Crippen LogP contribution in [0.4, 0.5) is 5.82 Å². The number of hydrogen-bond donors (Lipinski definition) is 1. The van der Waals surface area contributed by atoms with Gasteiger partial charge in [0.1, 0.15) is 5.03 Å². The van der Waals surface area contributed by atoms with E-state index in [-0.39, 0.29) is 0 Å². The minimum Gasteiger partial charge on any atom is -0.381 e. The fourth-order valence-electron chi connectivity index (χ4n) is 0.838. The maximum atomic E-state index is 5.64. The number of rotatable bonds is 3. The Bertz CT molecular complexity index is 402. The van der Waals surface area contributed by atoms with Crippen LogP contribution in [0.1, 0.15) is 4.88 Å². The van der Waals surface area contributed by atoms with Crippen LogP contribution in [0, 0.1) is 0 Å². The quantitative estimate of drug-likeness (QED) is 0.791. The predicted molar refractivity (Wildman–Crippen MR) is 55.9 cm³/mol. The maximum Gasteiger partial charge on any atom is 0.156 e. The van der Waals surface area contributed by atoms with Crippen LogP contribution in [-0.2, 0) is 5.75 Å². The first-order valence-corrected chi connectivity index (χ1v) is 5.57. The van der Waals surface area contributed by atoms with Crippen LogP contribution in [0.3, 0.4) is 0 Å². The van der Waals surface area contributed by atoms with Gasteiger partial charge in [-0.2, -0.15) is 0 Å². The van der Waals surface area contributed by atoms with Crippen LogP contribution in [0.5, 0.6) is 0 Å². The van der Waals surface area contributed by atoms with Gasteiger partial charge in [0.05, 0.1) is 11.1 Å². The molecule has 5 nitrogen and oxygen atoms in total. The van der Waals surface area contributed by atoms with Gasteiger partial charge in [-0.3, -0.25) is 0 Å². The van der Waals surface area contributed by atoms with Crippen molar-refractivity contribution in [3.63, 3.8) is 0 Å². The van der Waals surface area contributed by atoms with Crippen LogP contribution in [0.2, 0.25) is 0 Å². The Morgan fingerprint density at radius 1 is 1.36 bits per heavy atom. The highest BCUT2D eigenvalue weighted by Gasteiger charge is 2.03. The summed E-state index contributed by atoms with van der Waals surface area (Å²) in [5.41, 5.74) is 5.64. The molecule has 0 saturated carbocycles. The summed E-state index contributed by atoms with van der Waals surface area (Å²) >= 11 is 2.91. The van der Waals surface area contributed by atoms with Crippen molar-refractivity contribution in [3.05, 3.63) is 23.5 Å². The van der Waals surface area contributed by atoms with Crippen molar-refractivity contribution in [3.8, 4) is 0 Å². The van der Waals surface area contributed by atoms with Gasteiger partial charge in [-0.05, 0) is 11.5 Å². The molecule has 0 radical (unpaired) electrons. The Morgan fingerprint density at radius 3 is 2.93 bits per heavy atom. The van der Waals surface area contributed by atoms with Gasteiger partial charge in [-0.25, -0.2) is 9.97 Å². The van der Waals surface area contributed by atoms with E-state index in [1.165, 1.54) is 23.3 Å². The fourth-order valence-corrected chi connectivity index (χ4v) is 2.21. The van der Waals surface area contributed by atoms with Gasteiger partial charge in [-0.15, -0.1) is 5.10 Å². The fraction of sp³-hybridized carbons (Fsp3) is 0.143. The van der Waals surface area contributed by atoms with E-state index in [1.54, 1.807) is 18.6 Å². The van der Waals surface area contributed by atoms with Gasteiger partial charge in [0.2, 0.25) is 0 Å². The van der Waals surface area contributed by atoms with Crippen LogP contribution >= 0.6 is 23.3 Å². The van der Waals surface area contributed by atoms with E-state index in [0.717, 1.165) is 15.7 Å². The Hall–Kier alpha value is -1.21. The molecule has 7 heteroatoms. The highest BCUT2D eigenvalue weighted by Crippen LogP contribution is 2.24. The molecular weight excluding hydrogens is 218 g/mol. The van der Waals surface area contributed by atoms with Crippen LogP contribution in [-0.4, -0.2) is 19.6 Å². The number of hydrogen-bond acceptors (Lipinski definition) is 7. The molecule has 0 aliphatic carbocycles. The summed E-state index contributed by atoms with van der Waals surface area (Å²) in [5, 5.41) is 4.50. The minimum atomic E-state index is 0.468. The van der Waals surface area contributed by atoms with Gasteiger partial charge >= 0.3 is 0 Å². The lowest BCUT2D eigenvalue weighted by Crippen LogP contribution is -1.94. The monoisotopic (exact) mass is 225 g/mol. The Morgan fingerprint density at radius 2 is 2.21 bits per heavy atom. The lowest BCUT2D eigenvalue weighted by molar-refractivity contribution is 1.07. The van der Waals surface area contributed by atoms with E-state index in [0.29, 0.717) is 5.82 Å². The second-order valence-electron chi connectivity index (χ2n) is 2.42. The molecule has 2 N–H and O–H groups in total. The lowest BCUT2D eigenvalue weighted by Gasteiger charge is -1.99. The summed E-state index contributed by atoms with van der Waals surface area (Å²) in [6.45, 7) is 0. The number of nitrogens with zero attached hydrogens (tertiary/aromatic N) is 4. The topological polar surface area (TPSA) is 77.6 Å². The average molecular weight is 225 g/mol. The Labute approximate surface area is 88.9 Å². The molecule has 0 amide bonds. The van der Waals surface area contributed by atoms with Gasteiger partial charge in [0.15, 0.2) is 5.82 Å². The van der Waals surface area contributed by atoms with E-state index in [1.807, 2.05) is 0 Å². The first-order chi connectivity index (χ1) is 6.86. The molecule has 14 heavy (non-hydrogen) atoms. The average Bonchev–Trinajstić information content (AvgIpc) is 2.69. The SMILES string of the molecule is Nc1nccnc1SCc1cnns1. The normalized spacial score (nSPS) is 10.3. The summed E-state index contributed by atoms with van der Waals surface area (Å²) in [6.07, 6.45) is 4.95. The van der Waals surface area contributed by atoms with Crippen molar-refractivity contribution < 1.29 is 0 Å². The molecule has 0 fully saturated rings. The molecule has 0 spiro atoms. The van der Waals surface area contributed by atoms with Crippen molar-refractivity contribution in [2.24, 2.45) is 0 Å². The van der Waals surface area contributed by atoms with Crippen LogP contribution in [0.15, 0.2) is 23.6 Å². The highest BCUT2D eigenvalue weighted by molar-refractivity contribution is 7.98. The second kappa shape index (κ2) is 4.34. The van der Waals surface area contributed by atoms with Crippen LogP contribution in [0.25, 0.3) is 0 Å². The molecular formula is C7H7N5S2. The molecule has 0 saturated heterocycles. The Kier molecular flexibility index (Phi) is 2.90. The summed E-state index contributed by atoms with van der Waals surface area (Å²) in [6, 6.07) is 0. The summed E-state index contributed by atoms with van der Waals surface area (Å²) in [4.78, 5) is 9.16. The summed E-state index contributed by atoms with van der Waals surface area (Å²) in [5.74, 6) is 1.25. The third-order valence-electron chi connectivity index (χ3n) is 1.45. The second-order valence-corrected chi connectivity index (χ2v) is 4.25. The zero-order valence-corrected chi connectivity index (χ0v) is 8.75. The number of nitrogen functional groups attached to an aromatic ring is 1. The summed E-state index contributed by atoms with van der Waals surface area (Å²) in [7, 11) is 0. The predicted octanol–water partition coefficient (Wildman–Crippen LogP) is 1.20. The number of aromatic nitrogens is 4. The first kappa shape index (κ1) is 9.35. The van der Waals surface area contributed by atoms with Crippen molar-refractivity contribution in [2.75, 3.05) is 5.73 Å². The minimum absolute atomic E-state index is 0.468. The summed E-state index contributed by atoms with van der Waals surface area (Å²) < 4.78 is 3.77. The molecule has 2 aromatic heterocycles. The van der Waals surface area contributed by atoms with Crippen LogP contribution < -0.4 is 5.73 Å². The smallest absolute Gasteiger partial charge is 0.156 e. The molecule has 0 unspecified atom stereocenters. The van der Waals surface area contributed by atoms with E-state index >= 15 is 0 Å². The number of anilines is 1. The van der Waals surface area contributed by atoms with E-state index in [4.69, 9.17) is 5.73 Å². The molecule has 2 heterocycles. The van der Waals surface area contributed by atoms with E-state index < -0.39 is 0 Å². The maximum absolute atomic E-state index is 5.64. The third kappa shape index (κ3) is 2.18. The van der Waals surface area contributed by atoms with Gasteiger partial charge in [0.25, 0.3) is 0 Å². The van der Waals surface area contributed by atoms with Crippen molar-refractivity contribution >= 4 is 29.1 Å². The van der Waals surface area contributed by atoms with Crippen molar-refractivity contribution in [2.45, 2.75) is 10.8 Å². The van der Waals surface area contributed by atoms with E-state index in [2.05, 4.69) is 19.6 Å². The Balaban J connectivity index is 2.02. The third-order valence-corrected chi connectivity index (χ3v) is 3.34. The van der Waals surface area contributed by atoms with Gasteiger partial charge < -0.3 is 5.73 Å². The zero-order valence-electron chi connectivity index (χ0n) is 7.12. The van der Waals surface area contributed by atoms with Crippen molar-refractivity contribution in [1.82, 2.24) is 19.6 Å². The van der Waals surface area contributed by atoms with Gasteiger partial charge in [0, 0.05) is 18.1 Å². The standard InChI is InChI=1S/C7H7N5S2/c8-6-7(10-2-1-9-6)13-4-5-3-11-12-14-5/h1-3H,4H2,(H2,8,9). The molecule has 0 aromatic carbocycles. The molecule has 2 rings (SSSR count). The number of thioether (sulfide) groups is 1. The zero-order chi connectivity index (χ0) is 9.80. The largest absolute Gasteiger partial charge is 0.381 e. The molecule has 2 aromatic rings. The van der Waals surface area contributed by atoms with Gasteiger partial charge in [-0.1, -0.05) is 16.3 Å². The molecule has 0 aliphatic heterocycles. The van der Waals surface area contributed by atoms with E-state index in [9.17, 15) is 0 Å². The van der Waals surface area contributed by atoms with Crippen molar-refractivity contribution in [1.29, 1.82) is 0 Å². The molecule has 72 valence electrons. The highest BCUT2D eigenvalue weighted by atomic mass is 32.2. The number of nitrogens with two attached hydrogens (primary N) is 1. The molecule has 0 atom stereocenters. The molecule has 0 bridgehead atoms.